The molecule has 4 saturated carbocycles. The first-order valence-electron chi connectivity index (χ1n) is 21.0. The lowest BCUT2D eigenvalue weighted by molar-refractivity contribution is -0.595. The Morgan fingerprint density at radius 3 is 2.33 bits per heavy atom. The molecule has 8 fully saturated rings. The molecule has 1 spiro atoms. The van der Waals surface area contributed by atoms with Crippen LogP contribution in [0.25, 0.3) is 0 Å². The zero-order chi connectivity index (χ0) is 40.5. The normalized spacial score (nSPS) is 53.3. The number of carbonyl (C=O) groups is 2. The van der Waals surface area contributed by atoms with Crippen molar-refractivity contribution >= 4 is 11.9 Å². The van der Waals surface area contributed by atoms with Crippen molar-refractivity contribution in [1.82, 2.24) is 0 Å². The third kappa shape index (κ3) is 5.45. The highest BCUT2D eigenvalue weighted by molar-refractivity contribution is 5.82. The number of epoxide rings is 1. The van der Waals surface area contributed by atoms with Crippen molar-refractivity contribution in [2.45, 2.75) is 150 Å². The number of aliphatic hydroxyl groups excluding tert-OH is 2. The van der Waals surface area contributed by atoms with E-state index >= 15 is 0 Å². The Morgan fingerprint density at radius 2 is 1.65 bits per heavy atom. The molecule has 57 heavy (non-hydrogen) atoms. The van der Waals surface area contributed by atoms with Crippen molar-refractivity contribution in [1.29, 1.82) is 0 Å². The highest BCUT2D eigenvalue weighted by atomic mass is 16.9. The molecular weight excluding hydrogens is 736 g/mol. The van der Waals surface area contributed by atoms with E-state index in [1.807, 2.05) is 45.9 Å². The first-order valence-corrected chi connectivity index (χ1v) is 21.0. The fourth-order valence-electron chi connectivity index (χ4n) is 12.8. The second kappa shape index (κ2) is 13.4. The van der Waals surface area contributed by atoms with Crippen LogP contribution in [0.15, 0.2) is 54.6 Å². The van der Waals surface area contributed by atoms with Crippen LogP contribution in [-0.2, 0) is 44.0 Å². The number of carbonyl (C=O) groups excluding carboxylic acids is 2. The van der Waals surface area contributed by atoms with Crippen molar-refractivity contribution < 1.29 is 63.5 Å². The highest BCUT2D eigenvalue weighted by Crippen LogP contribution is 2.75. The molecule has 7 heterocycles. The zero-order valence-corrected chi connectivity index (χ0v) is 33.4. The average molecular weight is 795 g/mol. The number of rotatable bonds is 5. The van der Waals surface area contributed by atoms with Crippen molar-refractivity contribution in [3.63, 3.8) is 0 Å². The van der Waals surface area contributed by atoms with Gasteiger partial charge in [-0.25, -0.2) is 4.79 Å². The van der Waals surface area contributed by atoms with Crippen LogP contribution >= 0.6 is 0 Å². The van der Waals surface area contributed by atoms with Crippen LogP contribution in [0.1, 0.15) is 85.1 Å². The Balaban J connectivity index is 1.20. The summed E-state index contributed by atoms with van der Waals surface area (Å²) in [4.78, 5) is 26.6. The fraction of sp³-hybridized carbons (Fsp3) is 0.727. The molecule has 0 radical (unpaired) electrons. The maximum atomic E-state index is 13.7. The van der Waals surface area contributed by atoms with Gasteiger partial charge in [0.2, 0.25) is 0 Å². The smallest absolute Gasteiger partial charge is 0.331 e. The molecule has 16 atom stereocenters. The third-order valence-corrected chi connectivity index (χ3v) is 15.4. The highest BCUT2D eigenvalue weighted by Gasteiger charge is 2.91. The molecular formula is C44H58O13. The monoisotopic (exact) mass is 794 g/mol. The zero-order valence-electron chi connectivity index (χ0n) is 33.4. The summed E-state index contributed by atoms with van der Waals surface area (Å²) in [6.45, 7) is 8.55. The number of hydrogen-bond donors (Lipinski definition) is 5. The summed E-state index contributed by atoms with van der Waals surface area (Å²) >= 11 is 0. The summed E-state index contributed by atoms with van der Waals surface area (Å²) in [7, 11) is 0. The van der Waals surface area contributed by atoms with Crippen molar-refractivity contribution in [3.8, 4) is 0 Å². The molecule has 12 rings (SSSR count). The maximum absolute atomic E-state index is 13.7. The maximum Gasteiger partial charge on any atom is 0.331 e. The molecule has 4 saturated heterocycles. The van der Waals surface area contributed by atoms with E-state index in [-0.39, 0.29) is 43.0 Å². The predicted molar refractivity (Wildman–Crippen MR) is 200 cm³/mol. The van der Waals surface area contributed by atoms with Crippen LogP contribution < -0.4 is 0 Å². The van der Waals surface area contributed by atoms with Gasteiger partial charge in [-0.1, -0.05) is 70.2 Å². The largest absolute Gasteiger partial charge is 0.458 e. The van der Waals surface area contributed by atoms with E-state index in [9.17, 15) is 35.1 Å². The van der Waals surface area contributed by atoms with E-state index in [1.165, 1.54) is 12.2 Å². The van der Waals surface area contributed by atoms with Gasteiger partial charge in [0.25, 0.3) is 0 Å². The predicted octanol–water partition coefficient (Wildman–Crippen LogP) is 3.18. The minimum absolute atomic E-state index is 0.00642. The summed E-state index contributed by atoms with van der Waals surface area (Å²) in [6, 6.07) is 9.06. The molecule has 0 unspecified atom stereocenters. The number of fused-ring (bicyclic) bond motifs is 2. The average Bonchev–Trinajstić information content (AvgIpc) is 3.86. The van der Waals surface area contributed by atoms with Gasteiger partial charge in [0.15, 0.2) is 0 Å². The van der Waals surface area contributed by atoms with Crippen molar-refractivity contribution in [3.05, 3.63) is 60.2 Å². The van der Waals surface area contributed by atoms with Gasteiger partial charge in [0, 0.05) is 35.8 Å². The number of allylic oxidation sites excluding steroid dienone is 2. The van der Waals surface area contributed by atoms with E-state index in [1.54, 1.807) is 31.2 Å². The molecule has 1 aromatic carbocycles. The number of esters is 2. The summed E-state index contributed by atoms with van der Waals surface area (Å²) in [5.74, 6) is -5.95. The standard InChI is InChI=1S/C44H58O13/c1-23(2)19-32(47)52-29-13-9-10-14-31(46)53-34-24(3)20-30-41(34,50)38(48)40(22-45)36(54-40)33-37-43(51,39(5,49)21-26-15-17-27(29)18-16-26)35-25(4)42(30,33)57-44(55-35,56-37)28-11-7-6-8-12-28/h6-14,23-27,29-30,33-38,45,48-51H,15-22H2,1-5H3/b13-9-,14-10+/t24-,25+,26?,27?,29+,30+,33-,34-,35-,36-,37+,38+,39+,40-,41+,42-,43-,44-/m0/s1. The van der Waals surface area contributed by atoms with Crippen LogP contribution in [0.3, 0.4) is 0 Å². The summed E-state index contributed by atoms with van der Waals surface area (Å²) in [5, 5.41) is 63.1. The van der Waals surface area contributed by atoms with Crippen LogP contribution in [0.2, 0.25) is 0 Å². The van der Waals surface area contributed by atoms with Crippen molar-refractivity contribution in [2.24, 2.45) is 41.4 Å². The quantitative estimate of drug-likeness (QED) is 0.216. The molecule has 13 heteroatoms. The van der Waals surface area contributed by atoms with Gasteiger partial charge in [-0.05, 0) is 75.2 Å². The van der Waals surface area contributed by atoms with Gasteiger partial charge in [-0.15, -0.1) is 0 Å². The fourth-order valence-corrected chi connectivity index (χ4v) is 12.8. The van der Waals surface area contributed by atoms with E-state index in [4.69, 9.17) is 28.4 Å². The third-order valence-electron chi connectivity index (χ3n) is 15.4. The molecule has 13 nitrogen and oxygen atoms in total. The molecule has 4 aliphatic carbocycles. The van der Waals surface area contributed by atoms with Crippen LogP contribution in [0.5, 0.6) is 0 Å². The van der Waals surface area contributed by atoms with E-state index in [0.717, 1.165) is 0 Å². The SMILES string of the molecule is CC(C)CC(=O)O[C@@H]1/C=C\C=C\C(=O)O[C@H]2[C@@H](C)C[C@@H]3[C@]2(O)[C@H](O)[C@@]2(CO)O[C@H]2[C@H]2[C@H]4O[C@]5(c6ccccc6)O[C@@H]([C@@H](C)[C@@]23O5)[C@@]4(O)[C@](C)(O)CC2CCC1CC2. The topological polar surface area (TPSA) is 194 Å². The van der Waals surface area contributed by atoms with Gasteiger partial charge in [-0.3, -0.25) is 4.79 Å². The molecule has 0 aromatic heterocycles. The lowest BCUT2D eigenvalue weighted by Crippen LogP contribution is -2.89. The van der Waals surface area contributed by atoms with Crippen LogP contribution in [0, 0.1) is 41.4 Å². The number of benzene rings is 1. The minimum Gasteiger partial charge on any atom is -0.458 e. The number of hydrogen-bond acceptors (Lipinski definition) is 13. The first kappa shape index (κ1) is 39.7. The summed E-state index contributed by atoms with van der Waals surface area (Å²) in [6.07, 6.45) is 2.84. The Labute approximate surface area is 333 Å². The van der Waals surface area contributed by atoms with E-state index in [2.05, 4.69) is 0 Å². The number of ether oxygens (including phenoxy) is 6. The second-order valence-electron chi connectivity index (χ2n) is 19.2. The van der Waals surface area contributed by atoms with Crippen LogP contribution in [0.4, 0.5) is 0 Å². The number of aliphatic hydroxyl groups is 5. The molecule has 7 aliphatic heterocycles. The Morgan fingerprint density at radius 1 is 0.947 bits per heavy atom. The van der Waals surface area contributed by atoms with Crippen LogP contribution in [-0.4, -0.2) is 109 Å². The lowest BCUT2D eigenvalue weighted by atomic mass is 9.49. The van der Waals surface area contributed by atoms with Crippen molar-refractivity contribution in [2.75, 3.05) is 6.61 Å². The lowest BCUT2D eigenvalue weighted by Gasteiger charge is -2.74. The van der Waals surface area contributed by atoms with Gasteiger partial charge in [0.05, 0.1) is 17.8 Å². The Kier molecular flexibility index (Phi) is 9.33. The molecule has 11 aliphatic rings. The van der Waals surface area contributed by atoms with E-state index in [0.29, 0.717) is 31.2 Å². The first-order chi connectivity index (χ1) is 27.0. The Hall–Kier alpha value is -2.72. The van der Waals surface area contributed by atoms with Gasteiger partial charge < -0.3 is 54.0 Å². The van der Waals surface area contributed by atoms with E-state index < -0.39 is 107 Å². The van der Waals surface area contributed by atoms with Gasteiger partial charge in [0.1, 0.15) is 53.4 Å². The summed E-state index contributed by atoms with van der Waals surface area (Å²) < 4.78 is 39.4. The molecule has 312 valence electrons. The van der Waals surface area contributed by atoms with Gasteiger partial charge in [-0.2, -0.15) is 0 Å². The van der Waals surface area contributed by atoms with Gasteiger partial charge >= 0.3 is 17.9 Å². The molecule has 0 amide bonds. The molecule has 1 aromatic rings. The molecule has 5 N–H and O–H groups in total. The Bertz CT molecular complexity index is 1810. The minimum atomic E-state index is -2.21. The summed E-state index contributed by atoms with van der Waals surface area (Å²) in [5.41, 5.74) is -8.71. The molecule has 11 bridgehead atoms. The second-order valence-corrected chi connectivity index (χ2v) is 19.2.